The standard InChI is InChI=1S/C14H12ClN3O2/c1-9-5-6-10(15)8-12(9)17-13(18-14(19)20)11-4-2-3-7-16-11/h2-8H,1H3,(H,17,18)(H,19,20). The van der Waals surface area contributed by atoms with Crippen molar-refractivity contribution in [3.8, 4) is 0 Å². The second-order valence-corrected chi connectivity index (χ2v) is 4.47. The number of carboxylic acid groups (broad SMARTS) is 1. The molecule has 0 radical (unpaired) electrons. The summed E-state index contributed by atoms with van der Waals surface area (Å²) in [5.41, 5.74) is 1.91. The van der Waals surface area contributed by atoms with Crippen molar-refractivity contribution in [2.24, 2.45) is 4.99 Å². The lowest BCUT2D eigenvalue weighted by atomic mass is 10.2. The van der Waals surface area contributed by atoms with Crippen LogP contribution in [0.5, 0.6) is 0 Å². The number of hydrogen-bond donors (Lipinski definition) is 2. The lowest BCUT2D eigenvalue weighted by molar-refractivity contribution is 0.200. The summed E-state index contributed by atoms with van der Waals surface area (Å²) in [5, 5.41) is 11.7. The van der Waals surface area contributed by atoms with Crippen LogP contribution in [0.25, 0.3) is 0 Å². The number of rotatable bonds is 2. The smallest absolute Gasteiger partial charge is 0.410 e. The highest BCUT2D eigenvalue weighted by Crippen LogP contribution is 2.23. The van der Waals surface area contributed by atoms with Crippen molar-refractivity contribution in [1.29, 1.82) is 0 Å². The zero-order valence-corrected chi connectivity index (χ0v) is 11.4. The van der Waals surface area contributed by atoms with E-state index in [9.17, 15) is 4.79 Å². The molecule has 1 amide bonds. The third-order valence-corrected chi connectivity index (χ3v) is 2.77. The van der Waals surface area contributed by atoms with E-state index in [-0.39, 0.29) is 5.84 Å². The Morgan fingerprint density at radius 2 is 2.15 bits per heavy atom. The average Bonchev–Trinajstić information content (AvgIpc) is 2.42. The van der Waals surface area contributed by atoms with Crippen LogP contribution in [0.4, 0.5) is 10.5 Å². The third-order valence-electron chi connectivity index (χ3n) is 2.54. The van der Waals surface area contributed by atoms with Crippen LogP contribution in [-0.2, 0) is 0 Å². The lowest BCUT2D eigenvalue weighted by Gasteiger charge is -2.07. The molecule has 0 fully saturated rings. The van der Waals surface area contributed by atoms with Crippen molar-refractivity contribution >= 4 is 29.2 Å². The van der Waals surface area contributed by atoms with Gasteiger partial charge in [-0.05, 0) is 36.8 Å². The first kappa shape index (κ1) is 14.0. The molecular formula is C14H12ClN3O2. The van der Waals surface area contributed by atoms with Gasteiger partial charge in [0.15, 0.2) is 5.84 Å². The number of benzene rings is 1. The first-order valence-electron chi connectivity index (χ1n) is 5.82. The molecule has 0 saturated heterocycles. The molecule has 0 atom stereocenters. The molecule has 0 unspecified atom stereocenters. The quantitative estimate of drug-likeness (QED) is 0.657. The van der Waals surface area contributed by atoms with Crippen LogP contribution in [0.2, 0.25) is 5.02 Å². The molecule has 0 aliphatic carbocycles. The van der Waals surface area contributed by atoms with Crippen LogP contribution in [0.3, 0.4) is 0 Å². The normalized spacial score (nSPS) is 11.2. The highest BCUT2D eigenvalue weighted by Gasteiger charge is 2.09. The number of aromatic nitrogens is 1. The lowest BCUT2D eigenvalue weighted by Crippen LogP contribution is -2.30. The number of aliphatic imine (C=N–C) groups is 1. The Labute approximate surface area is 121 Å². The molecule has 0 bridgehead atoms. The molecule has 0 saturated carbocycles. The number of amidine groups is 1. The summed E-state index contributed by atoms with van der Waals surface area (Å²) < 4.78 is 0. The van der Waals surface area contributed by atoms with Crippen LogP contribution in [-0.4, -0.2) is 22.0 Å². The predicted octanol–water partition coefficient (Wildman–Crippen LogP) is 3.39. The fourth-order valence-electron chi connectivity index (χ4n) is 1.58. The summed E-state index contributed by atoms with van der Waals surface area (Å²) in [6.07, 6.45) is 0.369. The molecule has 0 aliphatic rings. The maximum absolute atomic E-state index is 10.9. The molecule has 102 valence electrons. The summed E-state index contributed by atoms with van der Waals surface area (Å²) >= 11 is 5.93. The van der Waals surface area contributed by atoms with Crippen molar-refractivity contribution in [3.63, 3.8) is 0 Å². The van der Waals surface area contributed by atoms with Crippen LogP contribution >= 0.6 is 11.6 Å². The number of hydrogen-bond acceptors (Lipinski definition) is 3. The van der Waals surface area contributed by atoms with Gasteiger partial charge in [-0.2, -0.15) is 0 Å². The molecule has 2 N–H and O–H groups in total. The highest BCUT2D eigenvalue weighted by molar-refractivity contribution is 6.30. The van der Waals surface area contributed by atoms with Crippen molar-refractivity contribution < 1.29 is 9.90 Å². The summed E-state index contributed by atoms with van der Waals surface area (Å²) in [7, 11) is 0. The van der Waals surface area contributed by atoms with Gasteiger partial charge in [-0.25, -0.2) is 9.79 Å². The van der Waals surface area contributed by atoms with E-state index < -0.39 is 6.09 Å². The Morgan fingerprint density at radius 3 is 2.80 bits per heavy atom. The van der Waals surface area contributed by atoms with Gasteiger partial charge in [0.2, 0.25) is 0 Å². The number of carbonyl (C=O) groups is 1. The molecule has 0 aliphatic heterocycles. The number of pyridine rings is 1. The molecule has 20 heavy (non-hydrogen) atoms. The van der Waals surface area contributed by atoms with Crippen molar-refractivity contribution in [2.75, 3.05) is 0 Å². The minimum absolute atomic E-state index is 0.156. The number of nitrogens with one attached hydrogen (secondary N) is 1. The topological polar surface area (TPSA) is 74.6 Å². The Balaban J connectivity index is 2.48. The summed E-state index contributed by atoms with van der Waals surface area (Å²) in [6.45, 7) is 1.87. The Hall–Kier alpha value is -2.40. The van der Waals surface area contributed by atoms with E-state index in [1.807, 2.05) is 13.0 Å². The van der Waals surface area contributed by atoms with E-state index in [4.69, 9.17) is 16.7 Å². The zero-order chi connectivity index (χ0) is 14.5. The average molecular weight is 290 g/mol. The fourth-order valence-corrected chi connectivity index (χ4v) is 1.74. The Bertz CT molecular complexity index is 657. The zero-order valence-electron chi connectivity index (χ0n) is 10.7. The first-order chi connectivity index (χ1) is 9.56. The SMILES string of the molecule is Cc1ccc(Cl)cc1N=C(NC(=O)O)c1ccccn1. The van der Waals surface area contributed by atoms with Crippen molar-refractivity contribution in [2.45, 2.75) is 6.92 Å². The van der Waals surface area contributed by atoms with Crippen molar-refractivity contribution in [1.82, 2.24) is 10.3 Å². The van der Waals surface area contributed by atoms with E-state index in [1.165, 1.54) is 0 Å². The van der Waals surface area contributed by atoms with Crippen LogP contribution < -0.4 is 5.32 Å². The number of nitrogens with zero attached hydrogens (tertiary/aromatic N) is 2. The molecule has 2 rings (SSSR count). The van der Waals surface area contributed by atoms with E-state index in [2.05, 4.69) is 15.3 Å². The van der Waals surface area contributed by atoms with Crippen molar-refractivity contribution in [3.05, 3.63) is 58.9 Å². The minimum Gasteiger partial charge on any atom is -0.465 e. The molecule has 1 heterocycles. The van der Waals surface area contributed by atoms with Gasteiger partial charge in [-0.1, -0.05) is 23.7 Å². The number of amides is 1. The molecule has 1 aromatic carbocycles. The van der Waals surface area contributed by atoms with E-state index in [1.54, 1.807) is 36.5 Å². The monoisotopic (exact) mass is 289 g/mol. The van der Waals surface area contributed by atoms with E-state index in [0.29, 0.717) is 16.4 Å². The van der Waals surface area contributed by atoms with Crippen LogP contribution in [0.1, 0.15) is 11.3 Å². The van der Waals surface area contributed by atoms with Crippen LogP contribution in [0, 0.1) is 6.92 Å². The van der Waals surface area contributed by atoms with Gasteiger partial charge in [-0.15, -0.1) is 0 Å². The molecule has 5 nitrogen and oxygen atoms in total. The van der Waals surface area contributed by atoms with Gasteiger partial charge < -0.3 is 5.11 Å². The molecule has 2 aromatic rings. The second-order valence-electron chi connectivity index (χ2n) is 4.04. The maximum Gasteiger partial charge on any atom is 0.410 e. The largest absolute Gasteiger partial charge is 0.465 e. The number of aryl methyl sites for hydroxylation is 1. The summed E-state index contributed by atoms with van der Waals surface area (Å²) in [4.78, 5) is 19.3. The van der Waals surface area contributed by atoms with E-state index >= 15 is 0 Å². The first-order valence-corrected chi connectivity index (χ1v) is 6.20. The predicted molar refractivity (Wildman–Crippen MR) is 77.8 cm³/mol. The van der Waals surface area contributed by atoms with Gasteiger partial charge in [-0.3, -0.25) is 10.3 Å². The van der Waals surface area contributed by atoms with E-state index in [0.717, 1.165) is 5.56 Å². The molecular weight excluding hydrogens is 278 g/mol. The fraction of sp³-hybridized carbons (Fsp3) is 0.0714. The molecule has 1 aromatic heterocycles. The Morgan fingerprint density at radius 1 is 1.35 bits per heavy atom. The molecule has 6 heteroatoms. The van der Waals surface area contributed by atoms with Gasteiger partial charge in [0, 0.05) is 11.2 Å². The number of halogens is 1. The third kappa shape index (κ3) is 3.55. The molecule has 0 spiro atoms. The van der Waals surface area contributed by atoms with Gasteiger partial charge in [0.25, 0.3) is 0 Å². The van der Waals surface area contributed by atoms with Gasteiger partial charge in [0.05, 0.1) is 5.69 Å². The second kappa shape index (κ2) is 6.16. The van der Waals surface area contributed by atoms with Gasteiger partial charge in [0.1, 0.15) is 5.69 Å². The highest BCUT2D eigenvalue weighted by atomic mass is 35.5. The minimum atomic E-state index is -1.20. The summed E-state index contributed by atoms with van der Waals surface area (Å²) in [6, 6.07) is 10.4. The Kier molecular flexibility index (Phi) is 4.32. The maximum atomic E-state index is 10.9. The van der Waals surface area contributed by atoms with Crippen LogP contribution in [0.15, 0.2) is 47.6 Å². The summed E-state index contributed by atoms with van der Waals surface area (Å²) in [5.74, 6) is 0.156. The van der Waals surface area contributed by atoms with Gasteiger partial charge >= 0.3 is 6.09 Å².